The van der Waals surface area contributed by atoms with Crippen molar-refractivity contribution in [1.29, 1.82) is 0 Å². The fourth-order valence-electron chi connectivity index (χ4n) is 2.78. The number of carbonyl (C=O) groups is 2. The number of hydrogen-bond acceptors (Lipinski definition) is 5. The zero-order valence-corrected chi connectivity index (χ0v) is 14.0. The fraction of sp³-hybridized carbons (Fsp3) is 0.222. The van der Waals surface area contributed by atoms with Crippen molar-refractivity contribution < 1.29 is 19.2 Å². The second-order valence-corrected chi connectivity index (χ2v) is 5.98. The lowest BCUT2D eigenvalue weighted by Gasteiger charge is -2.22. The van der Waals surface area contributed by atoms with Crippen molar-refractivity contribution in [1.82, 2.24) is 10.2 Å². The van der Waals surface area contributed by atoms with Gasteiger partial charge in [0.15, 0.2) is 0 Å². The minimum Gasteiger partial charge on any atom is -0.492 e. The number of nitrogens with one attached hydrogen (secondary N) is 1. The molecule has 2 aromatic rings. The highest BCUT2D eigenvalue weighted by molar-refractivity contribution is 6.07. The highest BCUT2D eigenvalue weighted by Gasteiger charge is 2.48. The van der Waals surface area contributed by atoms with E-state index >= 15 is 0 Å². The summed E-state index contributed by atoms with van der Waals surface area (Å²) in [5.41, 5.74) is -0.867. The van der Waals surface area contributed by atoms with Gasteiger partial charge in [0.05, 0.1) is 11.5 Å². The maximum Gasteiger partial charge on any atom is 0.325 e. The van der Waals surface area contributed by atoms with Crippen LogP contribution in [0, 0.1) is 10.1 Å². The van der Waals surface area contributed by atoms with Crippen LogP contribution in [0.5, 0.6) is 5.75 Å². The number of para-hydroxylation sites is 1. The predicted octanol–water partition coefficient (Wildman–Crippen LogP) is 2.44. The highest BCUT2D eigenvalue weighted by atomic mass is 16.6. The van der Waals surface area contributed by atoms with Crippen molar-refractivity contribution in [3.63, 3.8) is 0 Å². The molecule has 0 radical (unpaired) electrons. The maximum absolute atomic E-state index is 12.8. The van der Waals surface area contributed by atoms with Gasteiger partial charge < -0.3 is 10.1 Å². The Hall–Kier alpha value is -3.42. The Morgan fingerprint density at radius 3 is 2.38 bits per heavy atom. The third-order valence-corrected chi connectivity index (χ3v) is 4.26. The van der Waals surface area contributed by atoms with Crippen LogP contribution >= 0.6 is 0 Å². The molecule has 0 saturated carbocycles. The van der Waals surface area contributed by atoms with Crippen molar-refractivity contribution >= 4 is 17.6 Å². The molecule has 8 heteroatoms. The second kappa shape index (κ2) is 6.83. The standard InChI is InChI=1S/C18H17N3O5/c1-18(13-7-9-14(10-8-13)21(24)25)16(22)20(17(23)19-18)11-12-26-15-5-3-2-4-6-15/h2-10H,11-12H2,1H3,(H,19,23)/t18-/m1/s1. The molecule has 26 heavy (non-hydrogen) atoms. The van der Waals surface area contributed by atoms with Gasteiger partial charge in [0, 0.05) is 12.1 Å². The van der Waals surface area contributed by atoms with E-state index in [0.29, 0.717) is 11.3 Å². The smallest absolute Gasteiger partial charge is 0.325 e. The van der Waals surface area contributed by atoms with Gasteiger partial charge in [0.25, 0.3) is 11.6 Å². The first kappa shape index (κ1) is 17.4. The average Bonchev–Trinajstić information content (AvgIpc) is 2.86. The normalized spacial score (nSPS) is 19.3. The van der Waals surface area contributed by atoms with Gasteiger partial charge in [-0.15, -0.1) is 0 Å². The zero-order valence-electron chi connectivity index (χ0n) is 14.0. The molecule has 0 unspecified atom stereocenters. The SMILES string of the molecule is C[C@]1(c2ccc([N+](=O)[O-])cc2)NC(=O)N(CCOc2ccccc2)C1=O. The van der Waals surface area contributed by atoms with E-state index in [1.165, 1.54) is 24.3 Å². The molecule has 3 amide bonds. The average molecular weight is 355 g/mol. The number of ether oxygens (including phenoxy) is 1. The summed E-state index contributed by atoms with van der Waals surface area (Å²) in [5, 5.41) is 13.4. The molecule has 0 spiro atoms. The number of imide groups is 1. The van der Waals surface area contributed by atoms with Crippen LogP contribution in [-0.2, 0) is 10.3 Å². The van der Waals surface area contributed by atoms with Crippen LogP contribution in [0.3, 0.4) is 0 Å². The number of benzene rings is 2. The fourth-order valence-corrected chi connectivity index (χ4v) is 2.78. The van der Waals surface area contributed by atoms with Crippen molar-refractivity contribution in [2.75, 3.05) is 13.2 Å². The molecule has 1 atom stereocenters. The Bertz CT molecular complexity index is 838. The first-order valence-electron chi connectivity index (χ1n) is 7.99. The van der Waals surface area contributed by atoms with Gasteiger partial charge in [0.1, 0.15) is 17.9 Å². The summed E-state index contributed by atoms with van der Waals surface area (Å²) in [5.74, 6) is 0.227. The first-order valence-corrected chi connectivity index (χ1v) is 7.99. The Labute approximate surface area is 149 Å². The second-order valence-electron chi connectivity index (χ2n) is 5.98. The van der Waals surface area contributed by atoms with Crippen LogP contribution in [0.25, 0.3) is 0 Å². The number of rotatable bonds is 6. The van der Waals surface area contributed by atoms with E-state index < -0.39 is 22.4 Å². The lowest BCUT2D eigenvalue weighted by atomic mass is 9.92. The van der Waals surface area contributed by atoms with Crippen LogP contribution in [-0.4, -0.2) is 34.9 Å². The molecule has 3 rings (SSSR count). The van der Waals surface area contributed by atoms with Crippen molar-refractivity contribution in [3.05, 3.63) is 70.3 Å². The summed E-state index contributed by atoms with van der Waals surface area (Å²) in [6.45, 7) is 1.84. The zero-order chi connectivity index (χ0) is 18.7. The Morgan fingerprint density at radius 2 is 1.77 bits per heavy atom. The Balaban J connectivity index is 1.70. The van der Waals surface area contributed by atoms with E-state index in [1.54, 1.807) is 19.1 Å². The molecule has 0 aromatic heterocycles. The van der Waals surface area contributed by atoms with Gasteiger partial charge in [-0.3, -0.25) is 19.8 Å². The number of hydrogen-bond donors (Lipinski definition) is 1. The number of nitro groups is 1. The van der Waals surface area contributed by atoms with Gasteiger partial charge >= 0.3 is 6.03 Å². The number of carbonyl (C=O) groups excluding carboxylic acids is 2. The van der Waals surface area contributed by atoms with E-state index in [1.807, 2.05) is 18.2 Å². The van der Waals surface area contributed by atoms with E-state index in [9.17, 15) is 19.7 Å². The number of nitrogens with zero attached hydrogens (tertiary/aromatic N) is 2. The van der Waals surface area contributed by atoms with Crippen molar-refractivity contribution in [2.45, 2.75) is 12.5 Å². The van der Waals surface area contributed by atoms with Crippen LogP contribution in [0.15, 0.2) is 54.6 Å². The molecular weight excluding hydrogens is 338 g/mol. The predicted molar refractivity (Wildman–Crippen MR) is 92.6 cm³/mol. The topological polar surface area (TPSA) is 102 Å². The molecule has 1 heterocycles. The largest absolute Gasteiger partial charge is 0.492 e. The summed E-state index contributed by atoms with van der Waals surface area (Å²) in [6.07, 6.45) is 0. The van der Waals surface area contributed by atoms with E-state index in [-0.39, 0.29) is 18.8 Å². The number of urea groups is 1. The third kappa shape index (κ3) is 3.21. The van der Waals surface area contributed by atoms with Gasteiger partial charge in [-0.2, -0.15) is 0 Å². The summed E-state index contributed by atoms with van der Waals surface area (Å²) in [7, 11) is 0. The van der Waals surface area contributed by atoms with E-state index in [0.717, 1.165) is 4.90 Å². The molecular formula is C18H17N3O5. The molecule has 1 aliphatic rings. The third-order valence-electron chi connectivity index (χ3n) is 4.26. The van der Waals surface area contributed by atoms with Gasteiger partial charge in [-0.1, -0.05) is 18.2 Å². The Morgan fingerprint density at radius 1 is 1.12 bits per heavy atom. The molecule has 1 N–H and O–H groups in total. The van der Waals surface area contributed by atoms with Gasteiger partial charge in [-0.25, -0.2) is 4.79 Å². The van der Waals surface area contributed by atoms with Crippen LogP contribution in [0.1, 0.15) is 12.5 Å². The van der Waals surface area contributed by atoms with Gasteiger partial charge in [-0.05, 0) is 36.8 Å². The summed E-state index contributed by atoms with van der Waals surface area (Å²) < 4.78 is 5.53. The van der Waals surface area contributed by atoms with Crippen molar-refractivity contribution in [3.8, 4) is 5.75 Å². The summed E-state index contributed by atoms with van der Waals surface area (Å²) in [4.78, 5) is 36.3. The molecule has 134 valence electrons. The summed E-state index contributed by atoms with van der Waals surface area (Å²) >= 11 is 0. The lowest BCUT2D eigenvalue weighted by Crippen LogP contribution is -2.41. The molecule has 8 nitrogen and oxygen atoms in total. The van der Waals surface area contributed by atoms with Crippen LogP contribution < -0.4 is 10.1 Å². The van der Waals surface area contributed by atoms with Crippen LogP contribution in [0.4, 0.5) is 10.5 Å². The molecule has 1 saturated heterocycles. The van der Waals surface area contributed by atoms with Crippen LogP contribution in [0.2, 0.25) is 0 Å². The maximum atomic E-state index is 12.8. The molecule has 2 aromatic carbocycles. The molecule has 1 aliphatic heterocycles. The number of nitro benzene ring substituents is 1. The van der Waals surface area contributed by atoms with Gasteiger partial charge in [0.2, 0.25) is 0 Å². The Kier molecular flexibility index (Phi) is 4.57. The summed E-state index contributed by atoms with van der Waals surface area (Å²) in [6, 6.07) is 14.1. The molecule has 1 fully saturated rings. The minimum absolute atomic E-state index is 0.0813. The minimum atomic E-state index is -1.26. The number of amides is 3. The van der Waals surface area contributed by atoms with E-state index in [4.69, 9.17) is 4.74 Å². The highest BCUT2D eigenvalue weighted by Crippen LogP contribution is 2.29. The molecule has 0 aliphatic carbocycles. The van der Waals surface area contributed by atoms with E-state index in [2.05, 4.69) is 5.32 Å². The monoisotopic (exact) mass is 355 g/mol. The van der Waals surface area contributed by atoms with Crippen molar-refractivity contribution in [2.24, 2.45) is 0 Å². The molecule has 0 bridgehead atoms. The number of non-ortho nitro benzene ring substituents is 1. The quantitative estimate of drug-likeness (QED) is 0.487. The first-order chi connectivity index (χ1) is 12.4. The lowest BCUT2D eigenvalue weighted by molar-refractivity contribution is -0.384.